The summed E-state index contributed by atoms with van der Waals surface area (Å²) in [4.78, 5) is 37.1. The van der Waals surface area contributed by atoms with E-state index < -0.39 is 23.6 Å². The van der Waals surface area contributed by atoms with Crippen LogP contribution in [-0.4, -0.2) is 111 Å². The second kappa shape index (κ2) is 18.5. The van der Waals surface area contributed by atoms with Crippen molar-refractivity contribution >= 4 is 17.8 Å². The minimum Gasteiger partial charge on any atom is -0.508 e. The van der Waals surface area contributed by atoms with Gasteiger partial charge in [-0.05, 0) is 24.1 Å². The van der Waals surface area contributed by atoms with E-state index in [1.807, 2.05) is 0 Å². The average Bonchev–Trinajstić information content (AvgIpc) is 2.91. The van der Waals surface area contributed by atoms with Crippen LogP contribution in [0.3, 0.4) is 0 Å². The first-order valence-corrected chi connectivity index (χ1v) is 13.9. The van der Waals surface area contributed by atoms with Crippen molar-refractivity contribution in [3.05, 3.63) is 29.8 Å². The van der Waals surface area contributed by atoms with Crippen molar-refractivity contribution in [1.82, 2.24) is 37.2 Å². The van der Waals surface area contributed by atoms with Crippen LogP contribution in [0.4, 0.5) is 0 Å². The van der Waals surface area contributed by atoms with Crippen LogP contribution in [0.5, 0.6) is 5.75 Å². The molecule has 0 unspecified atom stereocenters. The number of phenols is 1. The zero-order valence-electron chi connectivity index (χ0n) is 23.1. The van der Waals surface area contributed by atoms with Gasteiger partial charge in [0.1, 0.15) is 17.5 Å². The van der Waals surface area contributed by atoms with Crippen molar-refractivity contribution in [1.29, 1.82) is 0 Å². The summed E-state index contributed by atoms with van der Waals surface area (Å²) in [6, 6.07) is 5.05. The number of benzene rings is 1. The Labute approximate surface area is 235 Å². The monoisotopic (exact) mass is 565 g/mol. The summed E-state index contributed by atoms with van der Waals surface area (Å²) in [5.74, 6) is -1.76. The fraction of sp³-hybridized carbons (Fsp3) is 0.654. The summed E-state index contributed by atoms with van der Waals surface area (Å²) >= 11 is 0. The molecular weight excluding hydrogens is 518 g/mol. The molecule has 40 heavy (non-hydrogen) atoms. The lowest BCUT2D eigenvalue weighted by atomic mass is 10.1. The van der Waals surface area contributed by atoms with Crippen molar-refractivity contribution in [3.63, 3.8) is 0 Å². The smallest absolute Gasteiger partial charge is 0.326 e. The Bertz CT molecular complexity index is 887. The molecule has 0 radical (unpaired) electrons. The molecule has 1 heterocycles. The minimum atomic E-state index is -1.16. The number of carboxylic acid groups (broad SMARTS) is 1. The molecule has 1 fully saturated rings. The van der Waals surface area contributed by atoms with Gasteiger partial charge in [-0.15, -0.1) is 0 Å². The van der Waals surface area contributed by atoms with Crippen molar-refractivity contribution in [2.24, 2.45) is 11.5 Å². The van der Waals surface area contributed by atoms with Gasteiger partial charge in [0.25, 0.3) is 0 Å². The second-order valence-electron chi connectivity index (χ2n) is 10.1. The number of hydrogen-bond donors (Lipinski definition) is 11. The summed E-state index contributed by atoms with van der Waals surface area (Å²) < 4.78 is 0. The molecule has 13 N–H and O–H groups in total. The largest absolute Gasteiger partial charge is 0.508 e. The maximum Gasteiger partial charge on any atom is 0.326 e. The lowest BCUT2D eigenvalue weighted by Crippen LogP contribution is -2.69. The van der Waals surface area contributed by atoms with Gasteiger partial charge >= 0.3 is 5.97 Å². The number of rotatable bonds is 12. The van der Waals surface area contributed by atoms with Crippen molar-refractivity contribution in [2.45, 2.75) is 43.4 Å². The molecule has 1 aliphatic rings. The fourth-order valence-corrected chi connectivity index (χ4v) is 4.31. The first-order chi connectivity index (χ1) is 19.2. The normalized spacial score (nSPS) is 22.0. The summed E-state index contributed by atoms with van der Waals surface area (Å²) in [6.07, 6.45) is 0.433. The lowest BCUT2D eigenvalue weighted by molar-refractivity contribution is -0.141. The summed E-state index contributed by atoms with van der Waals surface area (Å²) in [7, 11) is 0. The summed E-state index contributed by atoms with van der Waals surface area (Å²) in [5, 5.41) is 41.3. The summed E-state index contributed by atoms with van der Waals surface area (Å²) in [6.45, 7) is 6.00. The van der Waals surface area contributed by atoms with Gasteiger partial charge in [0.05, 0.1) is 0 Å². The molecular formula is C26H47N9O5. The lowest BCUT2D eigenvalue weighted by Gasteiger charge is -2.37. The SMILES string of the molecule is NCCN[C@]1(NC(=O)CCCC(=O)N[C@@H](Cc2ccc(O)cc2)C(=O)O)CNCCNC[C@@H](N)CNCCNC1. The van der Waals surface area contributed by atoms with Gasteiger partial charge < -0.3 is 53.6 Å². The average molecular weight is 566 g/mol. The predicted octanol–water partition coefficient (Wildman–Crippen LogP) is -3.27. The highest BCUT2D eigenvalue weighted by Gasteiger charge is 2.30. The maximum atomic E-state index is 12.9. The molecule has 14 heteroatoms. The van der Waals surface area contributed by atoms with Crippen LogP contribution in [0.15, 0.2) is 24.3 Å². The van der Waals surface area contributed by atoms with Crippen LogP contribution >= 0.6 is 0 Å². The van der Waals surface area contributed by atoms with Gasteiger partial charge in [-0.2, -0.15) is 0 Å². The van der Waals surface area contributed by atoms with Crippen LogP contribution in [0.2, 0.25) is 0 Å². The third-order valence-electron chi connectivity index (χ3n) is 6.43. The quantitative estimate of drug-likeness (QED) is 0.112. The van der Waals surface area contributed by atoms with E-state index in [9.17, 15) is 24.6 Å². The molecule has 0 spiro atoms. The van der Waals surface area contributed by atoms with E-state index >= 15 is 0 Å². The summed E-state index contributed by atoms with van der Waals surface area (Å²) in [5.41, 5.74) is 11.7. The first kappa shape index (κ1) is 33.4. The molecule has 14 nitrogen and oxygen atoms in total. The minimum absolute atomic E-state index is 0.00593. The second-order valence-corrected chi connectivity index (χ2v) is 10.1. The Hall–Kier alpha value is -2.85. The number of aliphatic carboxylic acids is 1. The topological polar surface area (TPSA) is 228 Å². The van der Waals surface area contributed by atoms with Crippen LogP contribution in [0.25, 0.3) is 0 Å². The van der Waals surface area contributed by atoms with Crippen molar-refractivity contribution in [3.8, 4) is 5.75 Å². The van der Waals surface area contributed by atoms with E-state index in [0.29, 0.717) is 57.9 Å². The highest BCUT2D eigenvalue weighted by molar-refractivity contribution is 5.84. The van der Waals surface area contributed by atoms with Gasteiger partial charge in [-0.3, -0.25) is 14.9 Å². The molecule has 0 bridgehead atoms. The Morgan fingerprint density at radius 2 is 1.52 bits per heavy atom. The highest BCUT2D eigenvalue weighted by Crippen LogP contribution is 2.12. The predicted molar refractivity (Wildman–Crippen MR) is 153 cm³/mol. The molecule has 2 rings (SSSR count). The van der Waals surface area contributed by atoms with Gasteiger partial charge in [-0.25, -0.2) is 4.79 Å². The molecule has 2 amide bonds. The number of amides is 2. The third-order valence-corrected chi connectivity index (χ3v) is 6.43. The number of aromatic hydroxyl groups is 1. The Morgan fingerprint density at radius 1 is 0.950 bits per heavy atom. The first-order valence-electron chi connectivity index (χ1n) is 13.9. The van der Waals surface area contributed by atoms with Crippen LogP contribution in [0, 0.1) is 0 Å². The van der Waals surface area contributed by atoms with Crippen LogP contribution < -0.4 is 48.7 Å². The van der Waals surface area contributed by atoms with E-state index in [1.54, 1.807) is 12.1 Å². The zero-order chi connectivity index (χ0) is 29.2. The van der Waals surface area contributed by atoms with Crippen molar-refractivity contribution < 1.29 is 24.6 Å². The van der Waals surface area contributed by atoms with E-state index in [0.717, 1.165) is 13.1 Å². The molecule has 1 saturated heterocycles. The van der Waals surface area contributed by atoms with E-state index in [4.69, 9.17) is 11.5 Å². The molecule has 0 aliphatic carbocycles. The van der Waals surface area contributed by atoms with Gasteiger partial charge in [0.2, 0.25) is 11.8 Å². The van der Waals surface area contributed by atoms with E-state index in [-0.39, 0.29) is 43.4 Å². The Morgan fingerprint density at radius 3 is 2.10 bits per heavy atom. The Balaban J connectivity index is 1.88. The number of phenolic OH excluding ortho intramolecular Hbond substituents is 1. The third kappa shape index (κ3) is 13.5. The molecule has 0 aromatic heterocycles. The fourth-order valence-electron chi connectivity index (χ4n) is 4.31. The number of carbonyl (C=O) groups excluding carboxylic acids is 2. The molecule has 1 aliphatic heterocycles. The maximum absolute atomic E-state index is 12.9. The van der Waals surface area contributed by atoms with Gasteiger partial charge in [0, 0.05) is 90.8 Å². The zero-order valence-corrected chi connectivity index (χ0v) is 23.1. The Kier molecular flexibility index (Phi) is 15.4. The molecule has 226 valence electrons. The van der Waals surface area contributed by atoms with Crippen LogP contribution in [0.1, 0.15) is 24.8 Å². The van der Waals surface area contributed by atoms with E-state index in [1.165, 1.54) is 12.1 Å². The molecule has 1 atom stereocenters. The van der Waals surface area contributed by atoms with E-state index in [2.05, 4.69) is 37.2 Å². The molecule has 1 aromatic carbocycles. The van der Waals surface area contributed by atoms with Crippen LogP contribution in [-0.2, 0) is 20.8 Å². The molecule has 1 aromatic rings. The number of nitrogens with two attached hydrogens (primary N) is 2. The molecule has 0 saturated carbocycles. The highest BCUT2D eigenvalue weighted by atomic mass is 16.4. The number of hydrogen-bond acceptors (Lipinski definition) is 11. The van der Waals surface area contributed by atoms with Crippen molar-refractivity contribution in [2.75, 3.05) is 65.4 Å². The number of carboxylic acids is 1. The van der Waals surface area contributed by atoms with Gasteiger partial charge in [-0.1, -0.05) is 12.1 Å². The van der Waals surface area contributed by atoms with Gasteiger partial charge in [0.15, 0.2) is 0 Å². The number of carbonyl (C=O) groups is 3. The standard InChI is InChI=1S/C26H47N9O5/c27-8-9-33-26(17-31-12-10-29-15-20(28)16-30-11-13-32-18-26)35-24(38)3-1-2-23(37)34-22(25(39)40)14-19-4-6-21(36)7-5-19/h4-7,20,22,29-33,36H,1-3,8-18,27-28H2,(H,34,37)(H,35,38)(H,39,40)/t20-,22-,26+/m0/s1. The number of nitrogens with one attached hydrogen (secondary N) is 7.